The Balaban J connectivity index is 0.000000433. The highest BCUT2D eigenvalue weighted by Gasteiger charge is 2.36. The van der Waals surface area contributed by atoms with Crippen molar-refractivity contribution in [2.45, 2.75) is 53.4 Å². The lowest BCUT2D eigenvalue weighted by Crippen LogP contribution is -2.34. The number of esters is 4. The topological polar surface area (TPSA) is 96.0 Å². The van der Waals surface area contributed by atoms with Crippen LogP contribution in [0.2, 0.25) is 0 Å². The fourth-order valence-electron chi connectivity index (χ4n) is 1.70. The van der Waals surface area contributed by atoms with Crippen LogP contribution in [-0.2, 0) is 33.4 Å². The van der Waals surface area contributed by atoms with Crippen molar-refractivity contribution < 1.29 is 33.4 Å². The third kappa shape index (κ3) is 7.25. The summed E-state index contributed by atoms with van der Waals surface area (Å²) < 4.78 is 13.5. The summed E-state index contributed by atoms with van der Waals surface area (Å²) in [6.07, 6.45) is 1.63. The highest BCUT2D eigenvalue weighted by atomic mass is 16.6. The van der Waals surface area contributed by atoms with Gasteiger partial charge in [-0.2, -0.15) is 0 Å². The van der Waals surface area contributed by atoms with Gasteiger partial charge in [-0.25, -0.2) is 0 Å². The molecule has 0 atom stereocenters. The van der Waals surface area contributed by atoms with Crippen LogP contribution in [-0.4, -0.2) is 38.1 Å². The molecule has 0 bridgehead atoms. The molecule has 0 N–H and O–H groups in total. The number of cyclic esters (lactones) is 2. The van der Waals surface area contributed by atoms with E-state index in [2.05, 4.69) is 14.2 Å². The Labute approximate surface area is 136 Å². The van der Waals surface area contributed by atoms with E-state index in [9.17, 15) is 19.2 Å². The largest absolute Gasteiger partial charge is 0.469 e. The molecule has 0 amide bonds. The Morgan fingerprint density at radius 2 is 1.74 bits per heavy atom. The van der Waals surface area contributed by atoms with Crippen LogP contribution in [0.5, 0.6) is 0 Å². The summed E-state index contributed by atoms with van der Waals surface area (Å²) >= 11 is 0. The zero-order valence-electron chi connectivity index (χ0n) is 14.7. The zero-order valence-corrected chi connectivity index (χ0v) is 14.7. The minimum atomic E-state index is -0.622. The average molecular weight is 330 g/mol. The van der Waals surface area contributed by atoms with Gasteiger partial charge >= 0.3 is 23.9 Å². The maximum atomic E-state index is 11.2. The molecule has 0 radical (unpaired) electrons. The normalized spacial score (nSPS) is 16.6. The predicted molar refractivity (Wildman–Crippen MR) is 81.2 cm³/mol. The number of ether oxygens (including phenoxy) is 3. The lowest BCUT2D eigenvalue weighted by molar-refractivity contribution is -0.172. The molecule has 7 nitrogen and oxygen atoms in total. The van der Waals surface area contributed by atoms with Gasteiger partial charge in [-0.05, 0) is 40.5 Å². The number of methoxy groups -OCH3 is 2. The Morgan fingerprint density at radius 1 is 1.17 bits per heavy atom. The van der Waals surface area contributed by atoms with Gasteiger partial charge in [0.25, 0.3) is 0 Å². The molecule has 0 saturated carbocycles. The van der Waals surface area contributed by atoms with Gasteiger partial charge in [-0.3, -0.25) is 19.2 Å². The molecule has 7 heteroatoms. The van der Waals surface area contributed by atoms with Crippen LogP contribution >= 0.6 is 0 Å². The molecule has 1 fully saturated rings. The molecule has 1 heterocycles. The van der Waals surface area contributed by atoms with Crippen LogP contribution in [0.1, 0.15) is 53.4 Å². The molecule has 1 aliphatic rings. The summed E-state index contributed by atoms with van der Waals surface area (Å²) in [4.78, 5) is 43.4. The van der Waals surface area contributed by atoms with Gasteiger partial charge in [0.05, 0.1) is 25.0 Å². The number of hydrogen-bond donors (Lipinski definition) is 0. The standard InChI is InChI=1S/C9H16O4.C7H10O3/c1-9(2,8(11)13-4)6-5-7(10)12-3;1-7(2)4-3-5(8)10-6(7)9/h5-6H2,1-4H3;3-4H2,1-2H3. The molecule has 1 saturated heterocycles. The second kappa shape index (κ2) is 8.64. The number of carbonyl (C=O) groups is 4. The molecule has 1 aliphatic heterocycles. The van der Waals surface area contributed by atoms with E-state index in [1.165, 1.54) is 14.2 Å². The molecule has 23 heavy (non-hydrogen) atoms. The second-order valence-electron chi connectivity index (χ2n) is 6.60. The van der Waals surface area contributed by atoms with Crippen molar-refractivity contribution in [1.29, 1.82) is 0 Å². The number of rotatable bonds is 4. The molecular formula is C16H26O7. The Kier molecular flexibility index (Phi) is 7.92. The lowest BCUT2D eigenvalue weighted by Gasteiger charge is -2.25. The van der Waals surface area contributed by atoms with E-state index in [1.807, 2.05) is 0 Å². The first-order chi connectivity index (χ1) is 10.5. The maximum absolute atomic E-state index is 11.2. The van der Waals surface area contributed by atoms with E-state index in [-0.39, 0.29) is 18.4 Å². The van der Waals surface area contributed by atoms with Crippen molar-refractivity contribution in [1.82, 2.24) is 0 Å². The summed E-state index contributed by atoms with van der Waals surface area (Å²) in [7, 11) is 2.66. The van der Waals surface area contributed by atoms with Crippen molar-refractivity contribution >= 4 is 23.9 Å². The van der Waals surface area contributed by atoms with Gasteiger partial charge in [0.2, 0.25) is 0 Å². The molecule has 0 aromatic heterocycles. The van der Waals surface area contributed by atoms with E-state index in [0.29, 0.717) is 19.3 Å². The Hall–Kier alpha value is -1.92. The zero-order chi connectivity index (χ0) is 18.3. The summed E-state index contributed by atoms with van der Waals surface area (Å²) in [5.41, 5.74) is -1.09. The smallest absolute Gasteiger partial charge is 0.319 e. The van der Waals surface area contributed by atoms with E-state index in [4.69, 9.17) is 0 Å². The minimum Gasteiger partial charge on any atom is -0.469 e. The first-order valence-electron chi connectivity index (χ1n) is 7.36. The minimum absolute atomic E-state index is 0.235. The van der Waals surface area contributed by atoms with Crippen LogP contribution < -0.4 is 0 Å². The fourth-order valence-corrected chi connectivity index (χ4v) is 1.70. The van der Waals surface area contributed by atoms with Gasteiger partial charge in [0, 0.05) is 12.8 Å². The van der Waals surface area contributed by atoms with Gasteiger partial charge in [0.15, 0.2) is 0 Å². The third-order valence-electron chi connectivity index (χ3n) is 3.63. The molecule has 0 unspecified atom stereocenters. The van der Waals surface area contributed by atoms with Crippen molar-refractivity contribution in [2.24, 2.45) is 10.8 Å². The van der Waals surface area contributed by atoms with E-state index in [1.54, 1.807) is 27.7 Å². The van der Waals surface area contributed by atoms with Crippen LogP contribution in [0.4, 0.5) is 0 Å². The highest BCUT2D eigenvalue weighted by Crippen LogP contribution is 2.28. The molecule has 132 valence electrons. The second-order valence-corrected chi connectivity index (χ2v) is 6.60. The highest BCUT2D eigenvalue weighted by molar-refractivity contribution is 5.91. The molecule has 0 aromatic rings. The van der Waals surface area contributed by atoms with Crippen LogP contribution in [0.25, 0.3) is 0 Å². The van der Waals surface area contributed by atoms with Crippen LogP contribution in [0, 0.1) is 10.8 Å². The molecule has 0 spiro atoms. The fraction of sp³-hybridized carbons (Fsp3) is 0.750. The molecular weight excluding hydrogens is 304 g/mol. The quantitative estimate of drug-likeness (QED) is 0.442. The third-order valence-corrected chi connectivity index (χ3v) is 3.63. The Bertz CT molecular complexity index is 463. The van der Waals surface area contributed by atoms with Crippen molar-refractivity contribution in [3.8, 4) is 0 Å². The predicted octanol–water partition coefficient (Wildman–Crippen LogP) is 2.01. The maximum Gasteiger partial charge on any atom is 0.319 e. The van der Waals surface area contributed by atoms with Gasteiger partial charge < -0.3 is 14.2 Å². The van der Waals surface area contributed by atoms with Crippen molar-refractivity contribution in [3.63, 3.8) is 0 Å². The van der Waals surface area contributed by atoms with E-state index >= 15 is 0 Å². The number of carbonyl (C=O) groups excluding carboxylic acids is 4. The van der Waals surface area contributed by atoms with Crippen molar-refractivity contribution in [2.75, 3.05) is 14.2 Å². The monoisotopic (exact) mass is 330 g/mol. The summed E-state index contributed by atoms with van der Waals surface area (Å²) in [6.45, 7) is 7.03. The van der Waals surface area contributed by atoms with Crippen LogP contribution in [0.3, 0.4) is 0 Å². The van der Waals surface area contributed by atoms with Crippen molar-refractivity contribution in [3.05, 3.63) is 0 Å². The lowest BCUT2D eigenvalue weighted by atomic mass is 9.86. The Morgan fingerprint density at radius 3 is 2.13 bits per heavy atom. The summed E-state index contributed by atoms with van der Waals surface area (Å²) in [6, 6.07) is 0. The first-order valence-corrected chi connectivity index (χ1v) is 7.36. The SMILES string of the molecule is CC1(C)CCC(=O)OC1=O.COC(=O)CCC(C)(C)C(=O)OC. The van der Waals surface area contributed by atoms with Gasteiger partial charge in [-0.15, -0.1) is 0 Å². The number of hydrogen-bond acceptors (Lipinski definition) is 7. The van der Waals surface area contributed by atoms with Gasteiger partial charge in [-0.1, -0.05) is 0 Å². The van der Waals surface area contributed by atoms with E-state index < -0.39 is 22.8 Å². The first kappa shape index (κ1) is 21.1. The summed E-state index contributed by atoms with van der Waals surface area (Å²) in [5.74, 6) is -1.42. The molecule has 0 aliphatic carbocycles. The molecule has 1 rings (SSSR count). The van der Waals surface area contributed by atoms with E-state index in [0.717, 1.165) is 0 Å². The average Bonchev–Trinajstić information content (AvgIpc) is 2.49. The summed E-state index contributed by atoms with van der Waals surface area (Å²) in [5, 5.41) is 0. The molecule has 0 aromatic carbocycles. The van der Waals surface area contributed by atoms with Gasteiger partial charge in [0.1, 0.15) is 0 Å². The van der Waals surface area contributed by atoms with Crippen LogP contribution in [0.15, 0.2) is 0 Å².